The quantitative estimate of drug-likeness (QED) is 0.683. The number of nitrogens with zero attached hydrogens (tertiary/aromatic N) is 8. The molecule has 4 heterocycles. The third-order valence-corrected chi connectivity index (χ3v) is 4.28. The molecule has 0 amide bonds. The maximum Gasteiger partial charge on any atom is 0.433 e. The Labute approximate surface area is 146 Å². The predicted octanol–water partition coefficient (Wildman–Crippen LogP) is 1.57. The molecule has 1 aliphatic rings. The van der Waals surface area contributed by atoms with E-state index in [1.165, 1.54) is 0 Å². The van der Waals surface area contributed by atoms with Crippen LogP contribution in [-0.2, 0) is 6.18 Å². The minimum Gasteiger partial charge on any atom is -0.353 e. The number of hydrogen-bond acceptors (Lipinski definition) is 7. The third kappa shape index (κ3) is 3.00. The van der Waals surface area contributed by atoms with Gasteiger partial charge in [0.25, 0.3) is 0 Å². The van der Waals surface area contributed by atoms with Gasteiger partial charge in [-0.05, 0) is 19.1 Å². The molecule has 11 heteroatoms. The molecular weight excluding hydrogens is 349 g/mol. The fourth-order valence-electron chi connectivity index (χ4n) is 2.89. The largest absolute Gasteiger partial charge is 0.433 e. The van der Waals surface area contributed by atoms with E-state index in [1.54, 1.807) is 4.52 Å². The van der Waals surface area contributed by atoms with E-state index in [1.807, 2.05) is 24.0 Å². The van der Waals surface area contributed by atoms with Gasteiger partial charge in [0.15, 0.2) is 11.5 Å². The Morgan fingerprint density at radius 1 is 0.923 bits per heavy atom. The summed E-state index contributed by atoms with van der Waals surface area (Å²) in [5.41, 5.74) is -0.259. The Balaban J connectivity index is 1.49. The molecule has 3 aromatic rings. The molecule has 0 saturated carbocycles. The molecule has 0 radical (unpaired) electrons. The van der Waals surface area contributed by atoms with Gasteiger partial charge in [-0.15, -0.1) is 15.3 Å². The SMILES string of the molecule is Cc1nnc2ccc(N3CCN(c4cc(C(F)(F)F)ncn4)CC3)nn12. The van der Waals surface area contributed by atoms with Crippen LogP contribution in [0.1, 0.15) is 11.5 Å². The van der Waals surface area contributed by atoms with Gasteiger partial charge in [0, 0.05) is 32.2 Å². The Bertz CT molecular complexity index is 930. The number of aryl methyl sites for hydroxylation is 1. The van der Waals surface area contributed by atoms with Gasteiger partial charge in [-0.25, -0.2) is 9.97 Å². The van der Waals surface area contributed by atoms with E-state index in [-0.39, 0.29) is 5.82 Å². The normalized spacial score (nSPS) is 15.7. The van der Waals surface area contributed by atoms with E-state index >= 15 is 0 Å². The number of piperazine rings is 1. The van der Waals surface area contributed by atoms with Crippen LogP contribution >= 0.6 is 0 Å². The van der Waals surface area contributed by atoms with E-state index < -0.39 is 11.9 Å². The first-order valence-corrected chi connectivity index (χ1v) is 8.00. The van der Waals surface area contributed by atoms with Crippen molar-refractivity contribution in [3.05, 3.63) is 36.0 Å². The summed E-state index contributed by atoms with van der Waals surface area (Å²) in [5.74, 6) is 1.75. The zero-order valence-corrected chi connectivity index (χ0v) is 13.8. The molecule has 0 aromatic carbocycles. The molecule has 26 heavy (non-hydrogen) atoms. The van der Waals surface area contributed by atoms with Crippen molar-refractivity contribution >= 4 is 17.3 Å². The van der Waals surface area contributed by atoms with Crippen molar-refractivity contribution < 1.29 is 13.2 Å². The fourth-order valence-corrected chi connectivity index (χ4v) is 2.89. The minimum atomic E-state index is -4.48. The van der Waals surface area contributed by atoms with Crippen LogP contribution in [0.3, 0.4) is 0 Å². The van der Waals surface area contributed by atoms with Crippen LogP contribution in [0, 0.1) is 6.92 Å². The second-order valence-corrected chi connectivity index (χ2v) is 5.94. The zero-order chi connectivity index (χ0) is 18.3. The topological polar surface area (TPSA) is 75.3 Å². The van der Waals surface area contributed by atoms with Gasteiger partial charge in [0.05, 0.1) is 0 Å². The lowest BCUT2D eigenvalue weighted by molar-refractivity contribution is -0.141. The number of alkyl halides is 3. The highest BCUT2D eigenvalue weighted by Gasteiger charge is 2.33. The first-order chi connectivity index (χ1) is 12.4. The summed E-state index contributed by atoms with van der Waals surface area (Å²) in [6.45, 7) is 4.13. The first kappa shape index (κ1) is 16.5. The molecule has 0 spiro atoms. The average molecular weight is 364 g/mol. The van der Waals surface area contributed by atoms with Crippen molar-refractivity contribution in [3.8, 4) is 0 Å². The Morgan fingerprint density at radius 2 is 1.62 bits per heavy atom. The molecule has 4 rings (SSSR count). The molecule has 0 aliphatic carbocycles. The van der Waals surface area contributed by atoms with Gasteiger partial charge in [-0.2, -0.15) is 17.7 Å². The molecule has 1 fully saturated rings. The van der Waals surface area contributed by atoms with E-state index in [4.69, 9.17) is 0 Å². The number of anilines is 2. The molecule has 0 N–H and O–H groups in total. The summed E-state index contributed by atoms with van der Waals surface area (Å²) in [6.07, 6.45) is -3.52. The van der Waals surface area contributed by atoms with Gasteiger partial charge < -0.3 is 9.80 Å². The van der Waals surface area contributed by atoms with Crippen LogP contribution in [0.4, 0.5) is 24.8 Å². The van der Waals surface area contributed by atoms with Crippen molar-refractivity contribution in [2.45, 2.75) is 13.1 Å². The smallest absolute Gasteiger partial charge is 0.353 e. The summed E-state index contributed by atoms with van der Waals surface area (Å²) in [5, 5.41) is 12.5. The van der Waals surface area contributed by atoms with Crippen LogP contribution in [0.15, 0.2) is 24.5 Å². The fraction of sp³-hybridized carbons (Fsp3) is 0.400. The second-order valence-electron chi connectivity index (χ2n) is 5.94. The van der Waals surface area contributed by atoms with Crippen LogP contribution in [0.25, 0.3) is 5.65 Å². The zero-order valence-electron chi connectivity index (χ0n) is 13.8. The molecule has 8 nitrogen and oxygen atoms in total. The number of aromatic nitrogens is 6. The lowest BCUT2D eigenvalue weighted by Gasteiger charge is -2.36. The Kier molecular flexibility index (Phi) is 3.85. The maximum atomic E-state index is 12.8. The Hall–Kier alpha value is -2.98. The van der Waals surface area contributed by atoms with Gasteiger partial charge in [0.2, 0.25) is 0 Å². The number of rotatable bonds is 2. The number of halogens is 3. The molecule has 0 unspecified atom stereocenters. The van der Waals surface area contributed by atoms with Crippen molar-refractivity contribution in [2.75, 3.05) is 36.0 Å². The molecule has 136 valence electrons. The number of fused-ring (bicyclic) bond motifs is 1. The maximum absolute atomic E-state index is 12.8. The highest BCUT2D eigenvalue weighted by atomic mass is 19.4. The lowest BCUT2D eigenvalue weighted by atomic mass is 10.3. The van der Waals surface area contributed by atoms with Gasteiger partial charge in [-0.1, -0.05) is 0 Å². The standard InChI is InChI=1S/C15H15F3N8/c1-10-21-22-12-2-3-13(23-26(10)12)24-4-6-25(7-5-24)14-8-11(15(16,17)18)19-9-20-14/h2-3,8-9H,4-7H2,1H3. The van der Waals surface area contributed by atoms with E-state index in [0.29, 0.717) is 37.7 Å². The van der Waals surface area contributed by atoms with E-state index in [9.17, 15) is 13.2 Å². The third-order valence-electron chi connectivity index (χ3n) is 4.28. The lowest BCUT2D eigenvalue weighted by Crippen LogP contribution is -2.47. The summed E-state index contributed by atoms with van der Waals surface area (Å²) in [4.78, 5) is 11.2. The highest BCUT2D eigenvalue weighted by molar-refractivity contribution is 5.48. The molecule has 1 aliphatic heterocycles. The average Bonchev–Trinajstić information content (AvgIpc) is 3.02. The second kappa shape index (κ2) is 6.07. The molecule has 0 bridgehead atoms. The van der Waals surface area contributed by atoms with Gasteiger partial charge in [0.1, 0.15) is 23.7 Å². The Morgan fingerprint density at radius 3 is 2.31 bits per heavy atom. The molecule has 1 saturated heterocycles. The summed E-state index contributed by atoms with van der Waals surface area (Å²) in [6, 6.07) is 4.70. The van der Waals surface area contributed by atoms with Crippen molar-refractivity contribution in [3.63, 3.8) is 0 Å². The van der Waals surface area contributed by atoms with Gasteiger partial charge >= 0.3 is 6.18 Å². The van der Waals surface area contributed by atoms with Crippen LogP contribution in [-0.4, -0.2) is 56.0 Å². The molecular formula is C15H15F3N8. The van der Waals surface area contributed by atoms with Crippen LogP contribution < -0.4 is 9.80 Å². The summed E-state index contributed by atoms with van der Waals surface area (Å²) in [7, 11) is 0. The molecule has 0 atom stereocenters. The first-order valence-electron chi connectivity index (χ1n) is 8.00. The van der Waals surface area contributed by atoms with E-state index in [0.717, 1.165) is 18.2 Å². The highest BCUT2D eigenvalue weighted by Crippen LogP contribution is 2.29. The minimum absolute atomic E-state index is 0.282. The monoisotopic (exact) mass is 364 g/mol. The predicted molar refractivity (Wildman–Crippen MR) is 87.0 cm³/mol. The summed E-state index contributed by atoms with van der Waals surface area (Å²) < 4.78 is 40.1. The van der Waals surface area contributed by atoms with Crippen molar-refractivity contribution in [1.82, 2.24) is 29.8 Å². The van der Waals surface area contributed by atoms with Crippen LogP contribution in [0.2, 0.25) is 0 Å². The van der Waals surface area contributed by atoms with Crippen molar-refractivity contribution in [1.29, 1.82) is 0 Å². The number of hydrogen-bond donors (Lipinski definition) is 0. The summed E-state index contributed by atoms with van der Waals surface area (Å²) >= 11 is 0. The molecule has 3 aromatic heterocycles. The van der Waals surface area contributed by atoms with Crippen LogP contribution in [0.5, 0.6) is 0 Å². The van der Waals surface area contributed by atoms with Crippen molar-refractivity contribution in [2.24, 2.45) is 0 Å². The van der Waals surface area contributed by atoms with Gasteiger partial charge in [-0.3, -0.25) is 0 Å². The van der Waals surface area contributed by atoms with E-state index in [2.05, 4.69) is 30.2 Å².